The van der Waals surface area contributed by atoms with Crippen molar-refractivity contribution in [3.05, 3.63) is 75.8 Å². The van der Waals surface area contributed by atoms with Crippen molar-refractivity contribution in [3.8, 4) is 17.0 Å². The van der Waals surface area contributed by atoms with Gasteiger partial charge < -0.3 is 19.9 Å². The van der Waals surface area contributed by atoms with Crippen molar-refractivity contribution in [3.63, 3.8) is 0 Å². The molecule has 1 aromatic heterocycles. The first kappa shape index (κ1) is 28.8. The minimum Gasteiger partial charge on any atom is -0.475 e. The summed E-state index contributed by atoms with van der Waals surface area (Å²) in [6, 6.07) is 17.5. The molecule has 1 saturated heterocycles. The van der Waals surface area contributed by atoms with Crippen molar-refractivity contribution >= 4 is 23.3 Å². The lowest BCUT2D eigenvalue weighted by atomic mass is 10.0. The van der Waals surface area contributed by atoms with Crippen LogP contribution in [-0.4, -0.2) is 60.9 Å². The van der Waals surface area contributed by atoms with E-state index in [1.807, 2.05) is 24.3 Å². The maximum Gasteiger partial charge on any atom is 0.414 e. The summed E-state index contributed by atoms with van der Waals surface area (Å²) < 4.78 is 15.8. The van der Waals surface area contributed by atoms with E-state index in [2.05, 4.69) is 34.1 Å². The third-order valence-corrected chi connectivity index (χ3v) is 6.63. The average Bonchev–Trinajstić information content (AvgIpc) is 3.45. The van der Waals surface area contributed by atoms with Crippen LogP contribution in [0.1, 0.15) is 30.9 Å². The lowest BCUT2D eigenvalue weighted by molar-refractivity contribution is -0.383. The minimum atomic E-state index is -0.752. The number of hydrogen-bond acceptors (Lipinski definition) is 9. The van der Waals surface area contributed by atoms with Gasteiger partial charge in [-0.3, -0.25) is 19.9 Å². The molecule has 0 saturated carbocycles. The molecule has 0 radical (unpaired) electrons. The van der Waals surface area contributed by atoms with Gasteiger partial charge in [-0.1, -0.05) is 42.5 Å². The Labute approximate surface area is 233 Å². The van der Waals surface area contributed by atoms with Crippen molar-refractivity contribution in [1.29, 1.82) is 0 Å². The number of nitro groups is 1. The highest BCUT2D eigenvalue weighted by atomic mass is 16.6. The Balaban J connectivity index is 1.60. The molecule has 1 aliphatic heterocycles. The molecule has 4 rings (SSSR count). The Bertz CT molecular complexity index is 1310. The molecule has 40 heavy (non-hydrogen) atoms. The third-order valence-electron chi connectivity index (χ3n) is 6.63. The number of methoxy groups -OCH3 is 1. The highest BCUT2D eigenvalue weighted by Crippen LogP contribution is 2.37. The average molecular weight is 550 g/mol. The van der Waals surface area contributed by atoms with Gasteiger partial charge in [-0.05, 0) is 61.2 Å². The highest BCUT2D eigenvalue weighted by Gasteiger charge is 2.30. The van der Waals surface area contributed by atoms with Gasteiger partial charge in [0.15, 0.2) is 0 Å². The third kappa shape index (κ3) is 7.25. The van der Waals surface area contributed by atoms with Gasteiger partial charge in [0.1, 0.15) is 12.3 Å². The molecule has 11 nitrogen and oxygen atoms in total. The molecule has 3 aromatic rings. The number of anilines is 2. The molecular formula is C29H35N5O6. The Morgan fingerprint density at radius 3 is 2.50 bits per heavy atom. The number of pyridine rings is 1. The van der Waals surface area contributed by atoms with Crippen LogP contribution in [0.15, 0.2) is 54.6 Å². The van der Waals surface area contributed by atoms with Crippen LogP contribution < -0.4 is 15.4 Å². The highest BCUT2D eigenvalue weighted by molar-refractivity contribution is 5.92. The van der Waals surface area contributed by atoms with Crippen molar-refractivity contribution in [2.24, 2.45) is 0 Å². The van der Waals surface area contributed by atoms with E-state index in [1.165, 1.54) is 36.5 Å². The van der Waals surface area contributed by atoms with Crippen LogP contribution in [0.4, 0.5) is 22.0 Å². The second-order valence-electron chi connectivity index (χ2n) is 9.48. The van der Waals surface area contributed by atoms with E-state index < -0.39 is 16.7 Å². The Hall–Kier alpha value is -4.22. The largest absolute Gasteiger partial charge is 0.475 e. The molecule has 2 N–H and O–H groups in total. The van der Waals surface area contributed by atoms with Crippen molar-refractivity contribution in [2.75, 3.05) is 50.7 Å². The number of nitrogens with two attached hydrogens (primary N) is 1. The van der Waals surface area contributed by atoms with Gasteiger partial charge >= 0.3 is 11.8 Å². The standard InChI is InChI=1S/C29H35N5O6/c1-3-39-29(35)33(25-18-26(40-16-15-38-2)31-28(30)27(25)34(36)37)20-21-9-11-23(12-10-21)24-8-6-7-22(17-24)19-32-13-4-5-14-32/h6-12,17-18H,3-5,13-16,19-20H2,1-2H3,(H2,30,31). The zero-order valence-electron chi connectivity index (χ0n) is 22.9. The summed E-state index contributed by atoms with van der Waals surface area (Å²) in [7, 11) is 1.52. The van der Waals surface area contributed by atoms with Crippen LogP contribution in [0, 0.1) is 10.1 Å². The second-order valence-corrected chi connectivity index (χ2v) is 9.48. The minimum absolute atomic E-state index is 0.00984. The number of aromatic nitrogens is 1. The number of carbonyl (C=O) groups is 1. The molecule has 0 atom stereocenters. The fourth-order valence-corrected chi connectivity index (χ4v) is 4.70. The molecular weight excluding hydrogens is 514 g/mol. The maximum absolute atomic E-state index is 13.0. The van der Waals surface area contributed by atoms with E-state index in [4.69, 9.17) is 19.9 Å². The number of benzene rings is 2. The summed E-state index contributed by atoms with van der Waals surface area (Å²) in [5.74, 6) is -0.331. The summed E-state index contributed by atoms with van der Waals surface area (Å²) in [6.07, 6.45) is 1.75. The Kier molecular flexibility index (Phi) is 9.87. The van der Waals surface area contributed by atoms with Gasteiger partial charge in [-0.25, -0.2) is 4.79 Å². The summed E-state index contributed by atoms with van der Waals surface area (Å²) in [4.78, 5) is 31.9. The number of carbonyl (C=O) groups excluding carboxylic acids is 1. The predicted molar refractivity (Wildman–Crippen MR) is 152 cm³/mol. The van der Waals surface area contributed by atoms with E-state index in [-0.39, 0.29) is 43.8 Å². The van der Waals surface area contributed by atoms with Gasteiger partial charge in [0.2, 0.25) is 11.7 Å². The molecule has 0 aliphatic carbocycles. The SMILES string of the molecule is CCOC(=O)N(Cc1ccc(-c2cccc(CN3CCCC3)c2)cc1)c1cc(OCCOC)nc(N)c1[N+](=O)[O-]. The number of amides is 1. The number of nitrogens with zero attached hydrogens (tertiary/aromatic N) is 4. The number of likely N-dealkylation sites (tertiary alicyclic amines) is 1. The van der Waals surface area contributed by atoms with Crippen LogP contribution in [0.3, 0.4) is 0 Å². The first-order valence-electron chi connectivity index (χ1n) is 13.3. The fourth-order valence-electron chi connectivity index (χ4n) is 4.70. The van der Waals surface area contributed by atoms with Crippen LogP contribution in [0.5, 0.6) is 5.88 Å². The molecule has 0 spiro atoms. The van der Waals surface area contributed by atoms with Crippen LogP contribution in [0.25, 0.3) is 11.1 Å². The Morgan fingerprint density at radius 1 is 1.07 bits per heavy atom. The number of nitrogen functional groups attached to an aromatic ring is 1. The number of ether oxygens (including phenoxy) is 3. The van der Waals surface area contributed by atoms with E-state index >= 15 is 0 Å². The molecule has 0 unspecified atom stereocenters. The van der Waals surface area contributed by atoms with Crippen LogP contribution in [0.2, 0.25) is 0 Å². The lowest BCUT2D eigenvalue weighted by Gasteiger charge is -2.23. The quantitative estimate of drug-likeness (QED) is 0.188. The zero-order chi connectivity index (χ0) is 28.5. The summed E-state index contributed by atoms with van der Waals surface area (Å²) in [5, 5.41) is 11.9. The van der Waals surface area contributed by atoms with Gasteiger partial charge in [0.25, 0.3) is 0 Å². The molecule has 0 bridgehead atoms. The van der Waals surface area contributed by atoms with Gasteiger partial charge in [-0.2, -0.15) is 4.98 Å². The van der Waals surface area contributed by atoms with E-state index in [1.54, 1.807) is 6.92 Å². The summed E-state index contributed by atoms with van der Waals surface area (Å²) >= 11 is 0. The molecule has 1 aliphatic rings. The normalized spacial score (nSPS) is 13.2. The Morgan fingerprint density at radius 2 is 1.82 bits per heavy atom. The summed E-state index contributed by atoms with van der Waals surface area (Å²) in [6.45, 7) is 5.41. The van der Waals surface area contributed by atoms with Crippen molar-refractivity contribution in [1.82, 2.24) is 9.88 Å². The van der Waals surface area contributed by atoms with Crippen LogP contribution in [-0.2, 0) is 22.6 Å². The monoisotopic (exact) mass is 549 g/mol. The molecule has 2 aromatic carbocycles. The van der Waals surface area contributed by atoms with E-state index in [0.29, 0.717) is 0 Å². The maximum atomic E-state index is 13.0. The molecule has 1 amide bonds. The van der Waals surface area contributed by atoms with E-state index in [9.17, 15) is 14.9 Å². The first-order valence-corrected chi connectivity index (χ1v) is 13.3. The van der Waals surface area contributed by atoms with Crippen LogP contribution >= 0.6 is 0 Å². The van der Waals surface area contributed by atoms with E-state index in [0.717, 1.165) is 36.3 Å². The van der Waals surface area contributed by atoms with Gasteiger partial charge in [0.05, 0.1) is 24.7 Å². The lowest BCUT2D eigenvalue weighted by Crippen LogP contribution is -2.32. The first-order chi connectivity index (χ1) is 19.4. The predicted octanol–water partition coefficient (Wildman–Crippen LogP) is 5.02. The molecule has 11 heteroatoms. The zero-order valence-corrected chi connectivity index (χ0v) is 22.9. The summed E-state index contributed by atoms with van der Waals surface area (Å²) in [5.41, 5.74) is 9.51. The number of hydrogen-bond donors (Lipinski definition) is 1. The molecule has 1 fully saturated rings. The van der Waals surface area contributed by atoms with Crippen molar-refractivity contribution < 1.29 is 23.9 Å². The fraction of sp³-hybridized carbons (Fsp3) is 0.379. The molecule has 2 heterocycles. The second kappa shape index (κ2) is 13.7. The number of rotatable bonds is 12. The van der Waals surface area contributed by atoms with Gasteiger partial charge in [-0.15, -0.1) is 0 Å². The molecule has 212 valence electrons. The van der Waals surface area contributed by atoms with Crippen molar-refractivity contribution in [2.45, 2.75) is 32.9 Å². The van der Waals surface area contributed by atoms with Gasteiger partial charge in [0, 0.05) is 19.7 Å². The smallest absolute Gasteiger partial charge is 0.414 e. The topological polar surface area (TPSA) is 133 Å².